The summed E-state index contributed by atoms with van der Waals surface area (Å²) >= 11 is 2.23. The van der Waals surface area contributed by atoms with Gasteiger partial charge in [0, 0.05) is 0 Å². The molecule has 4 aromatic rings. The number of hydrogen-bond donors (Lipinski definition) is 0. The van der Waals surface area contributed by atoms with Crippen LogP contribution in [0.15, 0.2) is 121 Å². The van der Waals surface area contributed by atoms with Gasteiger partial charge in [-0.2, -0.15) is 0 Å². The third-order valence-corrected chi connectivity index (χ3v) is 21.5. The SMILES string of the molecule is C[P+](S[P+](C)(c1ccccc1)c1ccccc1)(c1ccccc1)c1ccccc1. The van der Waals surface area contributed by atoms with Crippen LogP contribution in [0.4, 0.5) is 0 Å². The van der Waals surface area contributed by atoms with Gasteiger partial charge >= 0.3 is 0 Å². The fourth-order valence-electron chi connectivity index (χ4n) is 3.66. The maximum atomic E-state index is 2.49. The smallest absolute Gasteiger partial charge is 0.0620 e. The van der Waals surface area contributed by atoms with E-state index in [1.54, 1.807) is 0 Å². The monoisotopic (exact) mass is 432 g/mol. The molecule has 0 heterocycles. The van der Waals surface area contributed by atoms with Crippen LogP contribution >= 0.6 is 23.9 Å². The first-order valence-corrected chi connectivity index (χ1v) is 16.3. The summed E-state index contributed by atoms with van der Waals surface area (Å²) in [5, 5.41) is 5.81. The van der Waals surface area contributed by atoms with Gasteiger partial charge in [-0.05, 0) is 48.5 Å². The normalized spacial score (nSPS) is 11.9. The molecular weight excluding hydrogens is 406 g/mol. The standard InChI is InChI=1S/C26H26P2S/c1-27(23-15-7-3-8-16-23,24-17-9-4-10-18-24)29-28(2,25-19-11-5-12-20-25)26-21-13-6-14-22-26/h3-22H,1-2H3/q+2. The van der Waals surface area contributed by atoms with Crippen molar-refractivity contribution >= 4 is 45.1 Å². The zero-order chi connectivity index (χ0) is 20.2. The molecule has 0 saturated carbocycles. The van der Waals surface area contributed by atoms with Gasteiger partial charge < -0.3 is 0 Å². The minimum atomic E-state index is -1.66. The highest BCUT2D eigenvalue weighted by Crippen LogP contribution is 2.83. The van der Waals surface area contributed by atoms with E-state index in [-0.39, 0.29) is 0 Å². The minimum Gasteiger partial charge on any atom is -0.0620 e. The van der Waals surface area contributed by atoms with Gasteiger partial charge in [0.1, 0.15) is 21.2 Å². The molecule has 0 radical (unpaired) electrons. The summed E-state index contributed by atoms with van der Waals surface area (Å²) in [6, 6.07) is 44.4. The highest BCUT2D eigenvalue weighted by Gasteiger charge is 2.55. The van der Waals surface area contributed by atoms with E-state index in [1.807, 2.05) is 0 Å². The molecule has 4 aromatic carbocycles. The van der Waals surface area contributed by atoms with Crippen LogP contribution in [0.5, 0.6) is 0 Å². The summed E-state index contributed by atoms with van der Waals surface area (Å²) in [5.74, 6) is 0. The molecule has 0 N–H and O–H groups in total. The Morgan fingerprint density at radius 1 is 0.379 bits per heavy atom. The average Bonchev–Trinajstić information content (AvgIpc) is 2.81. The van der Waals surface area contributed by atoms with Gasteiger partial charge in [0.25, 0.3) is 0 Å². The summed E-state index contributed by atoms with van der Waals surface area (Å²) in [5.41, 5.74) is 0. The van der Waals surface area contributed by atoms with Crippen LogP contribution in [0.2, 0.25) is 0 Å². The van der Waals surface area contributed by atoms with Crippen molar-refractivity contribution in [3.8, 4) is 0 Å². The average molecular weight is 433 g/mol. The van der Waals surface area contributed by atoms with Crippen LogP contribution < -0.4 is 21.2 Å². The van der Waals surface area contributed by atoms with Crippen molar-refractivity contribution in [3.05, 3.63) is 121 Å². The minimum absolute atomic E-state index is 1.45. The van der Waals surface area contributed by atoms with Crippen LogP contribution in [0, 0.1) is 0 Å². The van der Waals surface area contributed by atoms with Crippen LogP contribution in [0.25, 0.3) is 0 Å². The molecule has 0 saturated heterocycles. The summed E-state index contributed by atoms with van der Waals surface area (Å²) in [6.45, 7) is 1.66. The van der Waals surface area contributed by atoms with Gasteiger partial charge in [-0.25, -0.2) is 0 Å². The predicted octanol–water partition coefficient (Wildman–Crippen LogP) is 6.15. The molecule has 0 bridgehead atoms. The Kier molecular flexibility index (Phi) is 6.21. The molecule has 0 spiro atoms. The van der Waals surface area contributed by atoms with Gasteiger partial charge in [0.05, 0.1) is 13.3 Å². The lowest BCUT2D eigenvalue weighted by atomic mass is 10.4. The third kappa shape index (κ3) is 4.19. The maximum Gasteiger partial charge on any atom is 0.208 e. The largest absolute Gasteiger partial charge is 0.208 e. The fourth-order valence-corrected chi connectivity index (χ4v) is 22.1. The van der Waals surface area contributed by atoms with E-state index >= 15 is 0 Å². The van der Waals surface area contributed by atoms with E-state index in [0.717, 1.165) is 0 Å². The predicted molar refractivity (Wildman–Crippen MR) is 138 cm³/mol. The van der Waals surface area contributed by atoms with Crippen molar-refractivity contribution in [2.45, 2.75) is 0 Å². The quantitative estimate of drug-likeness (QED) is 0.330. The van der Waals surface area contributed by atoms with Gasteiger partial charge in [-0.1, -0.05) is 72.8 Å². The van der Waals surface area contributed by atoms with Gasteiger partial charge in [0.2, 0.25) is 11.0 Å². The summed E-state index contributed by atoms with van der Waals surface area (Å²) in [4.78, 5) is 0. The first kappa shape index (κ1) is 20.4. The zero-order valence-corrected chi connectivity index (χ0v) is 19.5. The van der Waals surface area contributed by atoms with Gasteiger partial charge in [-0.3, -0.25) is 0 Å². The third-order valence-electron chi connectivity index (χ3n) is 5.32. The Morgan fingerprint density at radius 2 is 0.586 bits per heavy atom. The van der Waals surface area contributed by atoms with Crippen molar-refractivity contribution in [2.24, 2.45) is 0 Å². The second-order valence-electron chi connectivity index (χ2n) is 7.27. The first-order chi connectivity index (χ1) is 14.1. The Hall–Kier alpha value is -1.91. The lowest BCUT2D eigenvalue weighted by molar-refractivity contribution is 1.74. The molecule has 0 nitrogen and oxygen atoms in total. The van der Waals surface area contributed by atoms with E-state index in [4.69, 9.17) is 0 Å². The molecule has 0 amide bonds. The van der Waals surface area contributed by atoms with E-state index in [2.05, 4.69) is 146 Å². The highest BCUT2D eigenvalue weighted by atomic mass is 33.1. The topological polar surface area (TPSA) is 0 Å². The second kappa shape index (κ2) is 8.85. The summed E-state index contributed by atoms with van der Waals surface area (Å²) in [6.07, 6.45) is 0. The van der Waals surface area contributed by atoms with Crippen LogP contribution in [-0.4, -0.2) is 13.3 Å². The Bertz CT molecular complexity index is 869. The van der Waals surface area contributed by atoms with Crippen molar-refractivity contribution in [1.29, 1.82) is 0 Å². The van der Waals surface area contributed by atoms with E-state index in [0.29, 0.717) is 0 Å². The molecule has 144 valence electrons. The second-order valence-corrected chi connectivity index (χ2v) is 19.5. The summed E-state index contributed by atoms with van der Waals surface area (Å²) < 4.78 is 0. The van der Waals surface area contributed by atoms with Crippen LogP contribution in [0.3, 0.4) is 0 Å². The molecule has 0 unspecified atom stereocenters. The Labute approximate surface area is 179 Å². The maximum absolute atomic E-state index is 2.49. The van der Waals surface area contributed by atoms with Crippen molar-refractivity contribution < 1.29 is 0 Å². The molecule has 4 rings (SSSR count). The van der Waals surface area contributed by atoms with Crippen molar-refractivity contribution in [2.75, 3.05) is 13.3 Å². The Balaban J connectivity index is 1.91. The Morgan fingerprint density at radius 3 is 0.793 bits per heavy atom. The van der Waals surface area contributed by atoms with Gasteiger partial charge in [0.15, 0.2) is 12.9 Å². The van der Waals surface area contributed by atoms with E-state index in [1.165, 1.54) is 21.2 Å². The van der Waals surface area contributed by atoms with E-state index < -0.39 is 12.9 Å². The highest BCUT2D eigenvalue weighted by molar-refractivity contribution is 8.97. The molecule has 3 heteroatoms. The number of rotatable bonds is 6. The molecular formula is C26H26P2S+2. The lowest BCUT2D eigenvalue weighted by Crippen LogP contribution is -2.24. The van der Waals surface area contributed by atoms with Gasteiger partial charge in [-0.15, -0.1) is 0 Å². The van der Waals surface area contributed by atoms with E-state index in [9.17, 15) is 0 Å². The zero-order valence-electron chi connectivity index (χ0n) is 16.8. The van der Waals surface area contributed by atoms with Crippen LogP contribution in [-0.2, 0) is 0 Å². The molecule has 0 aliphatic heterocycles. The molecule has 0 aliphatic rings. The molecule has 0 atom stereocenters. The number of hydrogen-bond acceptors (Lipinski definition) is 1. The lowest BCUT2D eigenvalue weighted by Gasteiger charge is -2.27. The number of benzene rings is 4. The van der Waals surface area contributed by atoms with Crippen molar-refractivity contribution in [3.63, 3.8) is 0 Å². The van der Waals surface area contributed by atoms with Crippen LogP contribution in [0.1, 0.15) is 0 Å². The first-order valence-electron chi connectivity index (χ1n) is 9.80. The molecule has 29 heavy (non-hydrogen) atoms. The molecule has 0 aliphatic carbocycles. The molecule has 0 fully saturated rings. The molecule has 0 aromatic heterocycles. The fraction of sp³-hybridized carbons (Fsp3) is 0.0769. The van der Waals surface area contributed by atoms with Crippen molar-refractivity contribution in [1.82, 2.24) is 0 Å². The summed E-state index contributed by atoms with van der Waals surface area (Å²) in [7, 11) is 0.